The molecule has 0 saturated heterocycles. The van der Waals surface area contributed by atoms with Crippen molar-refractivity contribution in [3.05, 3.63) is 53.6 Å². The van der Waals surface area contributed by atoms with Crippen LogP contribution in [0.15, 0.2) is 42.5 Å². The van der Waals surface area contributed by atoms with E-state index in [1.165, 1.54) is 24.8 Å². The summed E-state index contributed by atoms with van der Waals surface area (Å²) in [5, 5.41) is 3.28. The van der Waals surface area contributed by atoms with Crippen molar-refractivity contribution in [2.24, 2.45) is 17.3 Å². The second-order valence-electron chi connectivity index (χ2n) is 10.1. The van der Waals surface area contributed by atoms with Gasteiger partial charge in [-0.25, -0.2) is 0 Å². The summed E-state index contributed by atoms with van der Waals surface area (Å²) < 4.78 is 16.1. The zero-order valence-corrected chi connectivity index (χ0v) is 19.3. The molecular formula is C27H33NO4. The van der Waals surface area contributed by atoms with Crippen molar-refractivity contribution in [1.82, 2.24) is 5.32 Å². The van der Waals surface area contributed by atoms with Crippen LogP contribution in [0.3, 0.4) is 0 Å². The van der Waals surface area contributed by atoms with Gasteiger partial charge in [0, 0.05) is 6.54 Å². The third-order valence-electron chi connectivity index (χ3n) is 8.15. The summed E-state index contributed by atoms with van der Waals surface area (Å²) in [5.41, 5.74) is 2.27. The minimum absolute atomic E-state index is 0.122. The highest BCUT2D eigenvalue weighted by Gasteiger charge is 2.60. The Morgan fingerprint density at radius 1 is 0.906 bits per heavy atom. The van der Waals surface area contributed by atoms with Gasteiger partial charge in [-0.3, -0.25) is 4.79 Å². The highest BCUT2D eigenvalue weighted by molar-refractivity contribution is 5.83. The molecule has 0 aromatic heterocycles. The third-order valence-corrected chi connectivity index (χ3v) is 8.15. The van der Waals surface area contributed by atoms with E-state index in [-0.39, 0.29) is 16.7 Å². The van der Waals surface area contributed by atoms with Gasteiger partial charge in [-0.1, -0.05) is 18.2 Å². The van der Waals surface area contributed by atoms with Gasteiger partial charge in [-0.15, -0.1) is 0 Å². The van der Waals surface area contributed by atoms with Crippen LogP contribution in [-0.4, -0.2) is 27.2 Å². The molecule has 4 aliphatic rings. The molecule has 5 nitrogen and oxygen atoms in total. The summed E-state index contributed by atoms with van der Waals surface area (Å²) in [6.07, 6.45) is 6.71. The molecule has 32 heavy (non-hydrogen) atoms. The Bertz CT molecular complexity index is 985. The number of rotatable bonds is 7. The van der Waals surface area contributed by atoms with E-state index in [2.05, 4.69) is 29.6 Å². The maximum Gasteiger partial charge on any atom is 0.226 e. The monoisotopic (exact) mass is 435 g/mol. The summed E-state index contributed by atoms with van der Waals surface area (Å²) in [7, 11) is 4.97. The summed E-state index contributed by atoms with van der Waals surface area (Å²) in [4.78, 5) is 13.6. The summed E-state index contributed by atoms with van der Waals surface area (Å²) in [6.45, 7) is 0.506. The van der Waals surface area contributed by atoms with E-state index in [0.717, 1.165) is 30.6 Å². The van der Waals surface area contributed by atoms with Gasteiger partial charge in [-0.2, -0.15) is 0 Å². The van der Waals surface area contributed by atoms with Crippen LogP contribution >= 0.6 is 0 Å². The molecule has 6 rings (SSSR count). The van der Waals surface area contributed by atoms with Crippen molar-refractivity contribution in [3.8, 4) is 17.2 Å². The van der Waals surface area contributed by atoms with E-state index < -0.39 is 0 Å². The molecule has 4 saturated carbocycles. The minimum atomic E-state index is -0.249. The molecule has 0 unspecified atom stereocenters. The molecule has 1 N–H and O–H groups in total. The van der Waals surface area contributed by atoms with Crippen molar-refractivity contribution in [3.63, 3.8) is 0 Å². The van der Waals surface area contributed by atoms with Crippen LogP contribution in [0.5, 0.6) is 17.2 Å². The predicted octanol–water partition coefficient (Wildman–Crippen LogP) is 4.87. The molecule has 2 aromatic rings. The van der Waals surface area contributed by atoms with E-state index >= 15 is 0 Å². The number of nitrogens with one attached hydrogen (secondary N) is 1. The van der Waals surface area contributed by atoms with Gasteiger partial charge in [-0.05, 0) is 91.2 Å². The van der Waals surface area contributed by atoms with Crippen molar-refractivity contribution < 1.29 is 19.0 Å². The van der Waals surface area contributed by atoms with Gasteiger partial charge in [0.15, 0.2) is 11.5 Å². The zero-order valence-electron chi connectivity index (χ0n) is 19.3. The topological polar surface area (TPSA) is 56.8 Å². The fraction of sp³-hybridized carbons (Fsp3) is 0.519. The van der Waals surface area contributed by atoms with Gasteiger partial charge in [0.2, 0.25) is 5.91 Å². The Balaban J connectivity index is 1.35. The molecule has 0 aliphatic heterocycles. The maximum atomic E-state index is 13.6. The molecule has 0 radical (unpaired) electrons. The van der Waals surface area contributed by atoms with Gasteiger partial charge >= 0.3 is 0 Å². The quantitative estimate of drug-likeness (QED) is 0.674. The van der Waals surface area contributed by atoms with Gasteiger partial charge in [0.05, 0.1) is 26.7 Å². The van der Waals surface area contributed by atoms with Gasteiger partial charge in [0.1, 0.15) is 5.75 Å². The van der Waals surface area contributed by atoms with E-state index in [4.69, 9.17) is 14.2 Å². The van der Waals surface area contributed by atoms with E-state index in [0.29, 0.717) is 29.9 Å². The van der Waals surface area contributed by atoms with Gasteiger partial charge < -0.3 is 19.5 Å². The number of hydrogen-bond acceptors (Lipinski definition) is 4. The minimum Gasteiger partial charge on any atom is -0.497 e. The van der Waals surface area contributed by atoms with E-state index in [9.17, 15) is 4.79 Å². The maximum absolute atomic E-state index is 13.6. The number of benzene rings is 2. The molecule has 0 spiro atoms. The number of carbonyl (C=O) groups is 1. The van der Waals surface area contributed by atoms with E-state index in [1.807, 2.05) is 18.2 Å². The van der Waals surface area contributed by atoms with Crippen LogP contribution in [0, 0.1) is 17.3 Å². The SMILES string of the molecule is COc1ccc(C23C[C@@H]4C[C@H](CC(C(=O)NCc5ccc(OC)c(OC)c5)(C4)C2)C3)cc1. The van der Waals surface area contributed by atoms with Crippen LogP contribution in [0.4, 0.5) is 0 Å². The fourth-order valence-corrected chi connectivity index (χ4v) is 7.17. The average Bonchev–Trinajstić information content (AvgIpc) is 2.81. The molecule has 4 fully saturated rings. The summed E-state index contributed by atoms with van der Waals surface area (Å²) in [6, 6.07) is 14.4. The van der Waals surface area contributed by atoms with Crippen molar-refractivity contribution in [2.75, 3.05) is 21.3 Å². The Labute approximate surface area is 190 Å². The highest BCUT2D eigenvalue weighted by atomic mass is 16.5. The predicted molar refractivity (Wildman–Crippen MR) is 123 cm³/mol. The molecule has 0 heterocycles. The standard InChI is InChI=1S/C27H33NO4/c1-30-22-7-5-21(6-8-22)26-12-19-10-20(13-26)15-27(14-19,17-26)25(29)28-16-18-4-9-23(31-2)24(11-18)32-3/h4-9,11,19-20H,10,12-17H2,1-3H3,(H,28,29)/t19-,20-,26?,27?/m0/s1. The number of hydrogen-bond donors (Lipinski definition) is 1. The first-order valence-electron chi connectivity index (χ1n) is 11.6. The lowest BCUT2D eigenvalue weighted by molar-refractivity contribution is -0.149. The molecule has 4 aliphatic carbocycles. The van der Waals surface area contributed by atoms with Crippen molar-refractivity contribution in [1.29, 1.82) is 0 Å². The third kappa shape index (κ3) is 3.52. The summed E-state index contributed by atoms with van der Waals surface area (Å²) in [5.74, 6) is 3.79. The molecule has 170 valence electrons. The average molecular weight is 436 g/mol. The molecule has 4 bridgehead atoms. The molecule has 1 amide bonds. The first-order chi connectivity index (χ1) is 15.5. The Morgan fingerprint density at radius 3 is 2.22 bits per heavy atom. The Morgan fingerprint density at radius 2 is 1.59 bits per heavy atom. The fourth-order valence-electron chi connectivity index (χ4n) is 7.17. The lowest BCUT2D eigenvalue weighted by atomic mass is 9.42. The zero-order chi connectivity index (χ0) is 22.3. The normalized spacial score (nSPS) is 30.1. The Kier molecular flexibility index (Phi) is 5.31. The van der Waals surface area contributed by atoms with Crippen molar-refractivity contribution >= 4 is 5.91 Å². The van der Waals surface area contributed by atoms with Gasteiger partial charge in [0.25, 0.3) is 0 Å². The van der Waals surface area contributed by atoms with Crippen LogP contribution in [0.2, 0.25) is 0 Å². The van der Waals surface area contributed by atoms with Crippen LogP contribution in [0.1, 0.15) is 49.7 Å². The number of methoxy groups -OCH3 is 3. The number of ether oxygens (including phenoxy) is 3. The van der Waals surface area contributed by atoms with Crippen LogP contribution < -0.4 is 19.5 Å². The largest absolute Gasteiger partial charge is 0.497 e. The molecular weight excluding hydrogens is 402 g/mol. The lowest BCUT2D eigenvalue weighted by Crippen LogP contribution is -2.59. The molecule has 2 aromatic carbocycles. The first kappa shape index (κ1) is 21.2. The number of carbonyl (C=O) groups excluding carboxylic acids is 1. The molecule has 2 atom stereocenters. The lowest BCUT2D eigenvalue weighted by Gasteiger charge is -2.61. The second-order valence-corrected chi connectivity index (χ2v) is 10.1. The van der Waals surface area contributed by atoms with E-state index in [1.54, 1.807) is 21.3 Å². The van der Waals surface area contributed by atoms with Crippen LogP contribution in [-0.2, 0) is 16.8 Å². The second kappa shape index (κ2) is 8.02. The highest BCUT2D eigenvalue weighted by Crippen LogP contribution is 2.65. The number of amides is 1. The van der Waals surface area contributed by atoms with Crippen LogP contribution in [0.25, 0.3) is 0 Å². The van der Waals surface area contributed by atoms with Crippen molar-refractivity contribution in [2.45, 2.75) is 50.5 Å². The summed E-state index contributed by atoms with van der Waals surface area (Å²) >= 11 is 0. The smallest absolute Gasteiger partial charge is 0.226 e. The first-order valence-corrected chi connectivity index (χ1v) is 11.6. The Hall–Kier alpha value is -2.69. The molecule has 5 heteroatoms.